The van der Waals surface area contributed by atoms with Crippen LogP contribution in [0.4, 0.5) is 16.5 Å². The van der Waals surface area contributed by atoms with E-state index in [0.717, 1.165) is 15.7 Å². The van der Waals surface area contributed by atoms with Crippen LogP contribution in [-0.2, 0) is 4.79 Å². The molecule has 26 heavy (non-hydrogen) atoms. The SMILES string of the molecule is Cc1ccc(Nc2nnc(S[C@H](C)C(=O)N(C)c3ccccc3)s2)cc1. The van der Waals surface area contributed by atoms with Crippen LogP contribution in [0.1, 0.15) is 12.5 Å². The molecule has 1 atom stereocenters. The minimum absolute atomic E-state index is 0.0319. The molecule has 1 heterocycles. The molecule has 2 aromatic carbocycles. The first-order valence-corrected chi connectivity index (χ1v) is 9.89. The fourth-order valence-electron chi connectivity index (χ4n) is 2.32. The van der Waals surface area contributed by atoms with Gasteiger partial charge in [-0.05, 0) is 38.1 Å². The summed E-state index contributed by atoms with van der Waals surface area (Å²) in [6, 6.07) is 17.7. The lowest BCUT2D eigenvalue weighted by atomic mass is 10.2. The minimum atomic E-state index is -0.250. The highest BCUT2D eigenvalue weighted by atomic mass is 32.2. The lowest BCUT2D eigenvalue weighted by molar-refractivity contribution is -0.117. The average Bonchev–Trinajstić information content (AvgIpc) is 3.10. The molecule has 1 aromatic heterocycles. The molecule has 7 heteroatoms. The van der Waals surface area contributed by atoms with Crippen molar-refractivity contribution in [1.29, 1.82) is 0 Å². The zero-order valence-electron chi connectivity index (χ0n) is 14.8. The fourth-order valence-corrected chi connectivity index (χ4v) is 4.33. The molecule has 0 aliphatic rings. The lowest BCUT2D eigenvalue weighted by Crippen LogP contribution is -2.33. The summed E-state index contributed by atoms with van der Waals surface area (Å²) < 4.78 is 0.766. The van der Waals surface area contributed by atoms with Gasteiger partial charge in [-0.2, -0.15) is 0 Å². The number of nitrogens with zero attached hydrogens (tertiary/aromatic N) is 3. The van der Waals surface area contributed by atoms with E-state index >= 15 is 0 Å². The van der Waals surface area contributed by atoms with Crippen molar-refractivity contribution in [2.45, 2.75) is 23.4 Å². The van der Waals surface area contributed by atoms with Crippen molar-refractivity contribution in [3.05, 3.63) is 60.2 Å². The second kappa shape index (κ2) is 8.33. The van der Waals surface area contributed by atoms with Crippen LogP contribution in [0.3, 0.4) is 0 Å². The second-order valence-electron chi connectivity index (χ2n) is 5.86. The van der Waals surface area contributed by atoms with Crippen molar-refractivity contribution in [1.82, 2.24) is 10.2 Å². The normalized spacial score (nSPS) is 11.8. The Morgan fingerprint density at radius 3 is 2.50 bits per heavy atom. The number of hydrogen-bond donors (Lipinski definition) is 1. The van der Waals surface area contributed by atoms with E-state index in [-0.39, 0.29) is 11.2 Å². The van der Waals surface area contributed by atoms with Gasteiger partial charge < -0.3 is 10.2 Å². The van der Waals surface area contributed by atoms with Crippen LogP contribution < -0.4 is 10.2 Å². The van der Waals surface area contributed by atoms with E-state index in [2.05, 4.69) is 15.5 Å². The highest BCUT2D eigenvalue weighted by Gasteiger charge is 2.21. The number of carbonyl (C=O) groups is 1. The maximum atomic E-state index is 12.6. The molecule has 3 rings (SSSR count). The molecule has 0 unspecified atom stereocenters. The topological polar surface area (TPSA) is 58.1 Å². The highest BCUT2D eigenvalue weighted by Crippen LogP contribution is 2.31. The maximum Gasteiger partial charge on any atom is 0.240 e. The number of hydrogen-bond acceptors (Lipinski definition) is 6. The monoisotopic (exact) mass is 384 g/mol. The van der Waals surface area contributed by atoms with E-state index in [1.165, 1.54) is 28.7 Å². The Hall–Kier alpha value is -2.38. The molecule has 0 aliphatic carbocycles. The molecule has 0 fully saturated rings. The Morgan fingerprint density at radius 2 is 1.81 bits per heavy atom. The van der Waals surface area contributed by atoms with Crippen molar-refractivity contribution in [3.63, 3.8) is 0 Å². The van der Waals surface area contributed by atoms with Gasteiger partial charge in [-0.1, -0.05) is 59.0 Å². The number of aryl methyl sites for hydroxylation is 1. The van der Waals surface area contributed by atoms with E-state index in [9.17, 15) is 4.79 Å². The average molecular weight is 385 g/mol. The molecule has 3 aromatic rings. The third-order valence-electron chi connectivity index (χ3n) is 3.81. The largest absolute Gasteiger partial charge is 0.330 e. The number of amides is 1. The number of rotatable bonds is 6. The van der Waals surface area contributed by atoms with Crippen LogP contribution in [-0.4, -0.2) is 28.4 Å². The summed E-state index contributed by atoms with van der Waals surface area (Å²) in [5, 5.41) is 12.0. The minimum Gasteiger partial charge on any atom is -0.330 e. The molecule has 0 saturated heterocycles. The smallest absolute Gasteiger partial charge is 0.240 e. The number of benzene rings is 2. The van der Waals surface area contributed by atoms with Gasteiger partial charge in [0, 0.05) is 18.4 Å². The first-order chi connectivity index (χ1) is 12.5. The van der Waals surface area contributed by atoms with E-state index in [1.807, 2.05) is 68.4 Å². The van der Waals surface area contributed by atoms with Crippen molar-refractivity contribution in [2.75, 3.05) is 17.3 Å². The van der Waals surface area contributed by atoms with Crippen LogP contribution in [0.15, 0.2) is 58.9 Å². The summed E-state index contributed by atoms with van der Waals surface area (Å²) in [5.41, 5.74) is 3.05. The molecule has 0 saturated carbocycles. The zero-order chi connectivity index (χ0) is 18.5. The molecule has 0 aliphatic heterocycles. The van der Waals surface area contributed by atoms with Crippen LogP contribution in [0, 0.1) is 6.92 Å². The fraction of sp³-hybridized carbons (Fsp3) is 0.211. The van der Waals surface area contributed by atoms with Crippen LogP contribution >= 0.6 is 23.1 Å². The first kappa shape index (κ1) is 18.4. The van der Waals surface area contributed by atoms with Gasteiger partial charge >= 0.3 is 0 Å². The Labute approximate surface area is 161 Å². The van der Waals surface area contributed by atoms with Crippen molar-refractivity contribution in [2.24, 2.45) is 0 Å². The summed E-state index contributed by atoms with van der Waals surface area (Å²) in [4.78, 5) is 14.3. The van der Waals surface area contributed by atoms with E-state index in [1.54, 1.807) is 11.9 Å². The number of thioether (sulfide) groups is 1. The van der Waals surface area contributed by atoms with Crippen LogP contribution in [0.2, 0.25) is 0 Å². The van der Waals surface area contributed by atoms with Crippen LogP contribution in [0.25, 0.3) is 0 Å². The summed E-state index contributed by atoms with van der Waals surface area (Å²) in [6.07, 6.45) is 0. The molecular weight excluding hydrogens is 364 g/mol. The molecule has 0 spiro atoms. The Kier molecular flexibility index (Phi) is 5.90. The Bertz CT molecular complexity index is 865. The van der Waals surface area contributed by atoms with Crippen molar-refractivity contribution >= 4 is 45.5 Å². The van der Waals surface area contributed by atoms with Gasteiger partial charge in [0.2, 0.25) is 11.0 Å². The van der Waals surface area contributed by atoms with Crippen molar-refractivity contribution < 1.29 is 4.79 Å². The first-order valence-electron chi connectivity index (χ1n) is 8.19. The summed E-state index contributed by atoms with van der Waals surface area (Å²) in [7, 11) is 1.79. The highest BCUT2D eigenvalue weighted by molar-refractivity contribution is 8.02. The Balaban J connectivity index is 1.61. The number of para-hydroxylation sites is 1. The molecule has 1 N–H and O–H groups in total. The lowest BCUT2D eigenvalue weighted by Gasteiger charge is -2.20. The van der Waals surface area contributed by atoms with E-state index < -0.39 is 0 Å². The maximum absolute atomic E-state index is 12.6. The van der Waals surface area contributed by atoms with Gasteiger partial charge in [0.1, 0.15) is 0 Å². The number of aromatic nitrogens is 2. The third kappa shape index (κ3) is 4.62. The van der Waals surface area contributed by atoms with Gasteiger partial charge in [-0.3, -0.25) is 4.79 Å². The van der Waals surface area contributed by atoms with Crippen LogP contribution in [0.5, 0.6) is 0 Å². The van der Waals surface area contributed by atoms with Gasteiger partial charge in [-0.25, -0.2) is 0 Å². The predicted octanol–water partition coefficient (Wildman–Crippen LogP) is 4.73. The van der Waals surface area contributed by atoms with E-state index in [0.29, 0.717) is 5.13 Å². The molecule has 5 nitrogen and oxygen atoms in total. The summed E-state index contributed by atoms with van der Waals surface area (Å²) >= 11 is 2.87. The summed E-state index contributed by atoms with van der Waals surface area (Å²) in [5.74, 6) is 0.0319. The second-order valence-corrected chi connectivity index (χ2v) is 8.42. The zero-order valence-corrected chi connectivity index (χ0v) is 16.5. The van der Waals surface area contributed by atoms with Gasteiger partial charge in [-0.15, -0.1) is 10.2 Å². The molecule has 0 bridgehead atoms. The molecular formula is C19H20N4OS2. The number of nitrogens with one attached hydrogen (secondary N) is 1. The standard InChI is InChI=1S/C19H20N4OS2/c1-13-9-11-15(12-10-13)20-18-21-22-19(26-18)25-14(2)17(24)23(3)16-7-5-4-6-8-16/h4-12,14H,1-3H3,(H,20,21)/t14-/m1/s1. The number of carbonyl (C=O) groups excluding carboxylic acids is 1. The Morgan fingerprint density at radius 1 is 1.12 bits per heavy atom. The molecule has 1 amide bonds. The van der Waals surface area contributed by atoms with Gasteiger partial charge in [0.15, 0.2) is 4.34 Å². The predicted molar refractivity (Wildman–Crippen MR) is 110 cm³/mol. The summed E-state index contributed by atoms with van der Waals surface area (Å²) in [6.45, 7) is 3.94. The van der Waals surface area contributed by atoms with Gasteiger partial charge in [0.25, 0.3) is 0 Å². The number of anilines is 3. The van der Waals surface area contributed by atoms with E-state index in [4.69, 9.17) is 0 Å². The quantitative estimate of drug-likeness (QED) is 0.623. The van der Waals surface area contributed by atoms with Crippen molar-refractivity contribution in [3.8, 4) is 0 Å². The van der Waals surface area contributed by atoms with Gasteiger partial charge in [0.05, 0.1) is 5.25 Å². The molecule has 0 radical (unpaired) electrons. The third-order valence-corrected chi connectivity index (χ3v) is 5.82. The molecule has 134 valence electrons.